The molecule has 2 aromatic rings. The van der Waals surface area contributed by atoms with Crippen LogP contribution in [0.15, 0.2) is 54.9 Å². The highest BCUT2D eigenvalue weighted by Gasteiger charge is 2.52. The molecule has 2 atom stereocenters. The van der Waals surface area contributed by atoms with E-state index in [0.29, 0.717) is 5.92 Å². The lowest BCUT2D eigenvalue weighted by Gasteiger charge is -2.25. The van der Waals surface area contributed by atoms with Crippen LogP contribution in [0.4, 0.5) is 0 Å². The molecule has 5 heteroatoms. The molecular weight excluding hydrogens is 348 g/mol. The number of aromatic nitrogens is 1. The van der Waals surface area contributed by atoms with Crippen molar-refractivity contribution in [3.63, 3.8) is 0 Å². The molecule has 1 aromatic carbocycles. The molecule has 1 aromatic heterocycles. The second-order valence-electron chi connectivity index (χ2n) is 8.61. The van der Waals surface area contributed by atoms with E-state index in [0.717, 1.165) is 44.6 Å². The summed E-state index contributed by atoms with van der Waals surface area (Å²) >= 11 is 0. The third kappa shape index (κ3) is 4.10. The van der Waals surface area contributed by atoms with Crippen molar-refractivity contribution in [3.05, 3.63) is 66.0 Å². The molecular formula is C23H30N4O. The summed E-state index contributed by atoms with van der Waals surface area (Å²) in [5.74, 6) is 0.637. The van der Waals surface area contributed by atoms with Crippen LogP contribution in [0, 0.1) is 5.92 Å². The summed E-state index contributed by atoms with van der Waals surface area (Å²) in [6.45, 7) is 3.75. The number of benzene rings is 1. The molecule has 1 saturated carbocycles. The molecule has 0 radical (unpaired) electrons. The molecule has 148 valence electrons. The molecule has 1 aliphatic heterocycles. The molecule has 1 saturated heterocycles. The Bertz CT molecular complexity index is 789. The van der Waals surface area contributed by atoms with Gasteiger partial charge in [-0.25, -0.2) is 0 Å². The van der Waals surface area contributed by atoms with E-state index in [1.807, 2.05) is 36.7 Å². The van der Waals surface area contributed by atoms with Gasteiger partial charge in [0.05, 0.1) is 5.41 Å². The molecule has 0 unspecified atom stereocenters. The first kappa shape index (κ1) is 19.1. The molecule has 0 bridgehead atoms. The summed E-state index contributed by atoms with van der Waals surface area (Å²) in [6.07, 6.45) is 5.64. The van der Waals surface area contributed by atoms with Crippen LogP contribution >= 0.6 is 0 Å². The van der Waals surface area contributed by atoms with Crippen LogP contribution in [0.5, 0.6) is 0 Å². The number of likely N-dealkylation sites (tertiary alicyclic amines) is 1. The maximum absolute atomic E-state index is 13.2. The van der Waals surface area contributed by atoms with E-state index in [4.69, 9.17) is 0 Å². The number of amides is 1. The van der Waals surface area contributed by atoms with Crippen LogP contribution in [0.2, 0.25) is 0 Å². The Hall–Kier alpha value is -2.24. The van der Waals surface area contributed by atoms with Crippen LogP contribution < -0.4 is 5.32 Å². The summed E-state index contributed by atoms with van der Waals surface area (Å²) in [4.78, 5) is 22.1. The molecule has 1 amide bonds. The van der Waals surface area contributed by atoms with Crippen molar-refractivity contribution < 1.29 is 4.79 Å². The maximum atomic E-state index is 13.2. The normalized spacial score (nSPS) is 23.7. The summed E-state index contributed by atoms with van der Waals surface area (Å²) in [6, 6.07) is 14.5. The summed E-state index contributed by atoms with van der Waals surface area (Å²) in [5, 5.41) is 3.43. The number of nitrogens with one attached hydrogen (secondary N) is 1. The Labute approximate surface area is 167 Å². The van der Waals surface area contributed by atoms with Crippen molar-refractivity contribution in [2.24, 2.45) is 5.92 Å². The maximum Gasteiger partial charge on any atom is 0.230 e. The Morgan fingerprint density at radius 2 is 1.96 bits per heavy atom. The summed E-state index contributed by atoms with van der Waals surface area (Å²) < 4.78 is 0. The van der Waals surface area contributed by atoms with Gasteiger partial charge < -0.3 is 10.2 Å². The molecule has 2 fully saturated rings. The van der Waals surface area contributed by atoms with Gasteiger partial charge in [-0.05, 0) is 44.1 Å². The lowest BCUT2D eigenvalue weighted by atomic mass is 9.93. The number of pyridine rings is 1. The van der Waals surface area contributed by atoms with E-state index in [1.165, 1.54) is 5.56 Å². The average molecular weight is 379 g/mol. The highest BCUT2D eigenvalue weighted by atomic mass is 16.2. The minimum Gasteiger partial charge on any atom is -0.351 e. The van der Waals surface area contributed by atoms with Crippen molar-refractivity contribution >= 4 is 5.91 Å². The van der Waals surface area contributed by atoms with Gasteiger partial charge in [0.1, 0.15) is 0 Å². The molecule has 1 N–H and O–H groups in total. The predicted octanol–water partition coefficient (Wildman–Crippen LogP) is 2.29. The fourth-order valence-corrected chi connectivity index (χ4v) is 4.49. The van der Waals surface area contributed by atoms with Gasteiger partial charge in [0, 0.05) is 50.5 Å². The van der Waals surface area contributed by atoms with Crippen molar-refractivity contribution in [3.8, 4) is 0 Å². The zero-order valence-electron chi connectivity index (χ0n) is 16.8. The molecule has 2 aliphatic rings. The summed E-state index contributed by atoms with van der Waals surface area (Å²) in [7, 11) is 4.21. The third-order valence-corrected chi connectivity index (χ3v) is 6.07. The molecule has 1 aliphatic carbocycles. The zero-order valence-corrected chi connectivity index (χ0v) is 16.8. The van der Waals surface area contributed by atoms with Gasteiger partial charge in [-0.15, -0.1) is 0 Å². The SMILES string of the molecule is CN(C)C[C@@H]1CN(Cc2cccnc2)C[C@H]1NC(=O)C1(c2ccccc2)CC1. The highest BCUT2D eigenvalue weighted by molar-refractivity contribution is 5.91. The average Bonchev–Trinajstić information content (AvgIpc) is 3.43. The van der Waals surface area contributed by atoms with Gasteiger partial charge in [-0.1, -0.05) is 36.4 Å². The minimum atomic E-state index is -0.305. The van der Waals surface area contributed by atoms with E-state index >= 15 is 0 Å². The largest absolute Gasteiger partial charge is 0.351 e. The van der Waals surface area contributed by atoms with Gasteiger partial charge >= 0.3 is 0 Å². The predicted molar refractivity (Wildman–Crippen MR) is 111 cm³/mol. The first-order valence-electron chi connectivity index (χ1n) is 10.2. The van der Waals surface area contributed by atoms with E-state index in [1.54, 1.807) is 0 Å². The monoisotopic (exact) mass is 378 g/mol. The number of carbonyl (C=O) groups excluding carboxylic acids is 1. The van der Waals surface area contributed by atoms with Crippen molar-refractivity contribution in [2.45, 2.75) is 30.8 Å². The third-order valence-electron chi connectivity index (χ3n) is 6.07. The number of nitrogens with zero attached hydrogens (tertiary/aromatic N) is 3. The van der Waals surface area contributed by atoms with E-state index in [-0.39, 0.29) is 17.4 Å². The first-order valence-corrected chi connectivity index (χ1v) is 10.2. The smallest absolute Gasteiger partial charge is 0.230 e. The topological polar surface area (TPSA) is 48.5 Å². The Balaban J connectivity index is 1.44. The van der Waals surface area contributed by atoms with Crippen molar-refractivity contribution in [1.29, 1.82) is 0 Å². The van der Waals surface area contributed by atoms with Gasteiger partial charge in [-0.3, -0.25) is 14.7 Å². The van der Waals surface area contributed by atoms with Gasteiger partial charge in [0.2, 0.25) is 5.91 Å². The summed E-state index contributed by atoms with van der Waals surface area (Å²) in [5.41, 5.74) is 2.07. The van der Waals surface area contributed by atoms with Gasteiger partial charge in [0.15, 0.2) is 0 Å². The van der Waals surface area contributed by atoms with Gasteiger partial charge in [-0.2, -0.15) is 0 Å². The number of hydrogen-bond acceptors (Lipinski definition) is 4. The second kappa shape index (κ2) is 8.02. The molecule has 2 heterocycles. The molecule has 28 heavy (non-hydrogen) atoms. The number of hydrogen-bond donors (Lipinski definition) is 1. The fraction of sp³-hybridized carbons (Fsp3) is 0.478. The lowest BCUT2D eigenvalue weighted by molar-refractivity contribution is -0.124. The zero-order chi connectivity index (χ0) is 19.6. The molecule has 4 rings (SSSR count). The fourth-order valence-electron chi connectivity index (χ4n) is 4.49. The Morgan fingerprint density at radius 3 is 2.61 bits per heavy atom. The van der Waals surface area contributed by atoms with Crippen LogP contribution in [-0.2, 0) is 16.8 Å². The second-order valence-corrected chi connectivity index (χ2v) is 8.61. The molecule has 5 nitrogen and oxygen atoms in total. The van der Waals surface area contributed by atoms with Gasteiger partial charge in [0.25, 0.3) is 0 Å². The first-order chi connectivity index (χ1) is 13.6. The quantitative estimate of drug-likeness (QED) is 0.803. The van der Waals surface area contributed by atoms with E-state index < -0.39 is 0 Å². The standard InChI is InChI=1S/C23H30N4O/c1-26(2)15-19-16-27(14-18-7-6-12-24-13-18)17-21(19)25-22(28)23(10-11-23)20-8-4-3-5-9-20/h3-9,12-13,19,21H,10-11,14-17H2,1-2H3,(H,25,28)/t19-,21-/m1/s1. The number of rotatable bonds is 7. The lowest BCUT2D eigenvalue weighted by Crippen LogP contribution is -2.47. The Kier molecular flexibility index (Phi) is 5.47. The Morgan fingerprint density at radius 1 is 1.18 bits per heavy atom. The highest BCUT2D eigenvalue weighted by Crippen LogP contribution is 2.48. The van der Waals surface area contributed by atoms with Crippen molar-refractivity contribution in [2.75, 3.05) is 33.7 Å². The molecule has 0 spiro atoms. The minimum absolute atomic E-state index is 0.188. The van der Waals surface area contributed by atoms with Crippen LogP contribution in [0.25, 0.3) is 0 Å². The van der Waals surface area contributed by atoms with Crippen molar-refractivity contribution in [1.82, 2.24) is 20.1 Å². The van der Waals surface area contributed by atoms with Crippen LogP contribution in [-0.4, -0.2) is 60.5 Å². The van der Waals surface area contributed by atoms with Crippen LogP contribution in [0.3, 0.4) is 0 Å². The number of carbonyl (C=O) groups is 1. The van der Waals surface area contributed by atoms with E-state index in [9.17, 15) is 4.79 Å². The van der Waals surface area contributed by atoms with E-state index in [2.05, 4.69) is 52.4 Å². The van der Waals surface area contributed by atoms with Crippen LogP contribution in [0.1, 0.15) is 24.0 Å².